The maximum Gasteiger partial charge on any atom is 0.252 e. The van der Waals surface area contributed by atoms with Gasteiger partial charge in [-0.05, 0) is 30.2 Å². The van der Waals surface area contributed by atoms with Gasteiger partial charge >= 0.3 is 0 Å². The summed E-state index contributed by atoms with van der Waals surface area (Å²) in [5, 5.41) is 1.78. The summed E-state index contributed by atoms with van der Waals surface area (Å²) in [6, 6.07) is 3.41. The molecule has 3 fully saturated rings. The highest BCUT2D eigenvalue weighted by Crippen LogP contribution is 2.34. The molecule has 0 aliphatic carbocycles. The van der Waals surface area contributed by atoms with E-state index in [9.17, 15) is 13.2 Å². The Kier molecular flexibility index (Phi) is 5.81. The number of hydrogen-bond acceptors (Lipinski definition) is 6. The van der Waals surface area contributed by atoms with Crippen molar-refractivity contribution in [3.63, 3.8) is 0 Å². The average Bonchev–Trinajstić information content (AvgIpc) is 3.41. The van der Waals surface area contributed by atoms with Crippen LogP contribution in [-0.2, 0) is 24.3 Å². The van der Waals surface area contributed by atoms with Gasteiger partial charge in [-0.25, -0.2) is 8.42 Å². The summed E-state index contributed by atoms with van der Waals surface area (Å²) >= 11 is 1.25. The predicted octanol–water partition coefficient (Wildman–Crippen LogP) is 2.15. The summed E-state index contributed by atoms with van der Waals surface area (Å²) in [4.78, 5) is 14.9. The Balaban J connectivity index is 1.30. The van der Waals surface area contributed by atoms with Crippen LogP contribution < -0.4 is 0 Å². The molecule has 0 aromatic carbocycles. The zero-order chi connectivity index (χ0) is 19.8. The molecule has 4 heterocycles. The molecule has 4 rings (SSSR count). The quantitative estimate of drug-likeness (QED) is 0.735. The molecule has 9 heteroatoms. The van der Waals surface area contributed by atoms with Gasteiger partial charge in [0.25, 0.3) is 10.0 Å². The Morgan fingerprint density at radius 2 is 1.82 bits per heavy atom. The van der Waals surface area contributed by atoms with E-state index in [4.69, 9.17) is 9.47 Å². The number of thiophene rings is 1. The number of likely N-dealkylation sites (tertiary alicyclic amines) is 1. The molecule has 1 aromatic heterocycles. The monoisotopic (exact) mass is 428 g/mol. The molecule has 3 saturated heterocycles. The lowest BCUT2D eigenvalue weighted by Gasteiger charge is -2.40. The van der Waals surface area contributed by atoms with Crippen molar-refractivity contribution in [3.8, 4) is 0 Å². The van der Waals surface area contributed by atoms with E-state index >= 15 is 0 Å². The summed E-state index contributed by atoms with van der Waals surface area (Å²) < 4.78 is 38.8. The topological polar surface area (TPSA) is 76.2 Å². The molecule has 3 aliphatic heterocycles. The van der Waals surface area contributed by atoms with E-state index in [1.165, 1.54) is 11.3 Å². The van der Waals surface area contributed by atoms with Gasteiger partial charge in [-0.2, -0.15) is 4.31 Å². The minimum atomic E-state index is -3.39. The van der Waals surface area contributed by atoms with Crippen molar-refractivity contribution in [2.45, 2.75) is 42.6 Å². The molecule has 1 amide bonds. The van der Waals surface area contributed by atoms with Crippen LogP contribution in [-0.4, -0.2) is 68.7 Å². The first-order valence-corrected chi connectivity index (χ1v) is 12.3. The number of rotatable bonds is 4. The molecule has 7 nitrogen and oxygen atoms in total. The first-order chi connectivity index (χ1) is 13.4. The average molecular weight is 429 g/mol. The highest BCUT2D eigenvalue weighted by Gasteiger charge is 2.42. The van der Waals surface area contributed by atoms with Gasteiger partial charge in [0.15, 0.2) is 5.79 Å². The molecule has 156 valence electrons. The van der Waals surface area contributed by atoms with Crippen molar-refractivity contribution < 1.29 is 22.7 Å². The van der Waals surface area contributed by atoms with Crippen molar-refractivity contribution in [3.05, 3.63) is 17.5 Å². The van der Waals surface area contributed by atoms with E-state index in [2.05, 4.69) is 0 Å². The maximum atomic E-state index is 13.0. The third-order valence-electron chi connectivity index (χ3n) is 6.33. The molecule has 1 aromatic rings. The van der Waals surface area contributed by atoms with Gasteiger partial charge in [0.2, 0.25) is 5.91 Å². The Hall–Kier alpha value is -1.00. The van der Waals surface area contributed by atoms with Crippen LogP contribution >= 0.6 is 11.3 Å². The van der Waals surface area contributed by atoms with Crippen molar-refractivity contribution in [1.29, 1.82) is 0 Å². The highest BCUT2D eigenvalue weighted by atomic mass is 32.2. The van der Waals surface area contributed by atoms with Crippen LogP contribution in [0, 0.1) is 11.8 Å². The fourth-order valence-corrected chi connectivity index (χ4v) is 7.11. The third-order valence-corrected chi connectivity index (χ3v) is 9.61. The molecule has 1 spiro atoms. The largest absolute Gasteiger partial charge is 0.347 e. The summed E-state index contributed by atoms with van der Waals surface area (Å²) in [7, 11) is -3.39. The number of carbonyl (C=O) groups excluding carboxylic acids is 1. The fraction of sp³-hybridized carbons (Fsp3) is 0.737. The van der Waals surface area contributed by atoms with E-state index in [0.29, 0.717) is 43.6 Å². The van der Waals surface area contributed by atoms with Crippen molar-refractivity contribution in [2.24, 2.45) is 11.8 Å². The second kappa shape index (κ2) is 8.02. The molecule has 3 aliphatic rings. The standard InChI is InChI=1S/C19H28N2O5S2/c1-15(18(22)20-10-6-19(7-11-20)25-12-13-26-19)16-4-8-21(9-5-16)28(23,24)17-3-2-14-27-17/h2-3,14-16H,4-13H2,1H3. The zero-order valence-electron chi connectivity index (χ0n) is 16.2. The molecule has 1 atom stereocenters. The number of hydrogen-bond donors (Lipinski definition) is 0. The number of nitrogens with zero attached hydrogens (tertiary/aromatic N) is 2. The lowest BCUT2D eigenvalue weighted by molar-refractivity contribution is -0.188. The van der Waals surface area contributed by atoms with Gasteiger partial charge in [-0.3, -0.25) is 4.79 Å². The van der Waals surface area contributed by atoms with Crippen molar-refractivity contribution >= 4 is 27.3 Å². The maximum absolute atomic E-state index is 13.0. The summed E-state index contributed by atoms with van der Waals surface area (Å²) in [5.74, 6) is -0.169. The normalized spacial score (nSPS) is 25.2. The van der Waals surface area contributed by atoms with E-state index < -0.39 is 15.8 Å². The second-order valence-electron chi connectivity index (χ2n) is 7.90. The predicted molar refractivity (Wildman–Crippen MR) is 105 cm³/mol. The van der Waals surface area contributed by atoms with E-state index in [0.717, 1.165) is 25.7 Å². The van der Waals surface area contributed by atoms with Gasteiger partial charge in [-0.15, -0.1) is 11.3 Å². The van der Waals surface area contributed by atoms with Crippen LogP contribution in [0.25, 0.3) is 0 Å². The van der Waals surface area contributed by atoms with Crippen LogP contribution in [0.5, 0.6) is 0 Å². The first kappa shape index (κ1) is 20.3. The summed E-state index contributed by atoms with van der Waals surface area (Å²) in [6.07, 6.45) is 2.90. The Labute approximate surface area is 170 Å². The highest BCUT2D eigenvalue weighted by molar-refractivity contribution is 7.91. The van der Waals surface area contributed by atoms with E-state index in [1.807, 2.05) is 11.8 Å². The van der Waals surface area contributed by atoms with Gasteiger partial charge in [0, 0.05) is 44.9 Å². The minimum absolute atomic E-state index is 0.0916. The van der Waals surface area contributed by atoms with Crippen molar-refractivity contribution in [2.75, 3.05) is 39.4 Å². The lowest BCUT2D eigenvalue weighted by atomic mass is 9.84. The molecular weight excluding hydrogens is 400 g/mol. The molecule has 28 heavy (non-hydrogen) atoms. The van der Waals surface area contributed by atoms with E-state index in [-0.39, 0.29) is 17.7 Å². The van der Waals surface area contributed by atoms with Crippen LogP contribution in [0.1, 0.15) is 32.6 Å². The Bertz CT molecular complexity index is 771. The van der Waals surface area contributed by atoms with Crippen molar-refractivity contribution in [1.82, 2.24) is 9.21 Å². The van der Waals surface area contributed by atoms with Crippen LogP contribution in [0.4, 0.5) is 0 Å². The second-order valence-corrected chi connectivity index (χ2v) is 11.0. The number of carbonyl (C=O) groups is 1. The number of ether oxygens (including phenoxy) is 2. The SMILES string of the molecule is CC(C(=O)N1CCC2(CC1)OCCO2)C1CCN(S(=O)(=O)c2cccs2)CC1. The van der Waals surface area contributed by atoms with E-state index in [1.54, 1.807) is 21.8 Å². The van der Waals surface area contributed by atoms with Gasteiger partial charge in [0.05, 0.1) is 13.2 Å². The number of amides is 1. The van der Waals surface area contributed by atoms with Gasteiger partial charge < -0.3 is 14.4 Å². The number of sulfonamides is 1. The smallest absolute Gasteiger partial charge is 0.252 e. The fourth-order valence-electron chi connectivity index (χ4n) is 4.50. The lowest BCUT2D eigenvalue weighted by Crippen LogP contribution is -2.50. The molecule has 0 radical (unpaired) electrons. The summed E-state index contributed by atoms with van der Waals surface area (Å²) in [5.41, 5.74) is 0. The third kappa shape index (κ3) is 3.87. The first-order valence-electron chi connectivity index (χ1n) is 10.0. The Morgan fingerprint density at radius 1 is 1.18 bits per heavy atom. The van der Waals surface area contributed by atoms with Gasteiger partial charge in [0.1, 0.15) is 4.21 Å². The molecular formula is C19H28N2O5S2. The van der Waals surface area contributed by atoms with Crippen LogP contribution in [0.3, 0.4) is 0 Å². The minimum Gasteiger partial charge on any atom is -0.347 e. The molecule has 1 unspecified atom stereocenters. The molecule has 0 saturated carbocycles. The Morgan fingerprint density at radius 3 is 2.39 bits per heavy atom. The molecule has 0 N–H and O–H groups in total. The zero-order valence-corrected chi connectivity index (χ0v) is 17.8. The molecule has 0 bridgehead atoms. The number of piperidine rings is 2. The van der Waals surface area contributed by atoms with Crippen LogP contribution in [0.2, 0.25) is 0 Å². The van der Waals surface area contributed by atoms with Crippen LogP contribution in [0.15, 0.2) is 21.7 Å². The van der Waals surface area contributed by atoms with Gasteiger partial charge in [-0.1, -0.05) is 13.0 Å². The summed E-state index contributed by atoms with van der Waals surface area (Å²) in [6.45, 7) is 5.54.